The van der Waals surface area contributed by atoms with Crippen molar-refractivity contribution >= 4 is 5.97 Å². The zero-order valence-corrected chi connectivity index (χ0v) is 8.89. The monoisotopic (exact) mass is 215 g/mol. The number of nitrogens with zero attached hydrogens (tertiary/aromatic N) is 1. The lowest BCUT2D eigenvalue weighted by Crippen LogP contribution is -2.52. The van der Waals surface area contributed by atoms with E-state index in [2.05, 4.69) is 4.90 Å². The molecule has 0 spiro atoms. The van der Waals surface area contributed by atoms with Crippen LogP contribution >= 0.6 is 0 Å². The maximum Gasteiger partial charge on any atom is 0.334 e. The molecule has 0 radical (unpaired) electrons. The first-order valence-electron chi connectivity index (χ1n) is 5.38. The first-order chi connectivity index (χ1) is 7.18. The molecule has 15 heavy (non-hydrogen) atoms. The number of aliphatic carboxylic acids is 1. The maximum atomic E-state index is 10.8. The van der Waals surface area contributed by atoms with Crippen LogP contribution in [0.3, 0.4) is 0 Å². The largest absolute Gasteiger partial charge is 0.479 e. The van der Waals surface area contributed by atoms with E-state index < -0.39 is 12.1 Å². The third kappa shape index (κ3) is 2.30. The average Bonchev–Trinajstić information content (AvgIpc) is 2.64. The minimum Gasteiger partial charge on any atom is -0.479 e. The summed E-state index contributed by atoms with van der Waals surface area (Å²) in [5.74, 6) is -0.869. The van der Waals surface area contributed by atoms with Crippen molar-refractivity contribution in [3.8, 4) is 0 Å². The Balaban J connectivity index is 1.94. The molecule has 2 saturated heterocycles. The SMILES string of the molecule is CC1OCCC1N1CCOC(C(=O)O)C1. The molecule has 3 unspecified atom stereocenters. The van der Waals surface area contributed by atoms with Crippen molar-refractivity contribution < 1.29 is 19.4 Å². The molecule has 0 aliphatic carbocycles. The maximum absolute atomic E-state index is 10.8. The van der Waals surface area contributed by atoms with Gasteiger partial charge in [-0.2, -0.15) is 0 Å². The molecule has 2 aliphatic rings. The Kier molecular flexibility index (Phi) is 3.23. The highest BCUT2D eigenvalue weighted by molar-refractivity contribution is 5.72. The van der Waals surface area contributed by atoms with Gasteiger partial charge in [0.15, 0.2) is 6.10 Å². The minimum atomic E-state index is -0.869. The quantitative estimate of drug-likeness (QED) is 0.700. The number of carboxylic acids is 1. The molecule has 1 N–H and O–H groups in total. The van der Waals surface area contributed by atoms with Gasteiger partial charge in [0.05, 0.1) is 12.7 Å². The second-order valence-electron chi connectivity index (χ2n) is 4.12. The van der Waals surface area contributed by atoms with Crippen LogP contribution in [0, 0.1) is 0 Å². The molecule has 3 atom stereocenters. The third-order valence-electron chi connectivity index (χ3n) is 3.18. The molecular weight excluding hydrogens is 198 g/mol. The fourth-order valence-corrected chi connectivity index (χ4v) is 2.32. The molecule has 0 saturated carbocycles. The zero-order chi connectivity index (χ0) is 10.8. The van der Waals surface area contributed by atoms with Crippen LogP contribution in [0.5, 0.6) is 0 Å². The van der Waals surface area contributed by atoms with Crippen LogP contribution in [0.1, 0.15) is 13.3 Å². The fraction of sp³-hybridized carbons (Fsp3) is 0.900. The molecule has 0 aromatic rings. The van der Waals surface area contributed by atoms with E-state index in [-0.39, 0.29) is 6.10 Å². The standard InChI is InChI=1S/C10H17NO4/c1-7-8(2-4-14-7)11-3-5-15-9(6-11)10(12)13/h7-9H,2-6H2,1H3,(H,12,13). The molecule has 0 bridgehead atoms. The van der Waals surface area contributed by atoms with Gasteiger partial charge in [0, 0.05) is 25.7 Å². The summed E-state index contributed by atoms with van der Waals surface area (Å²) in [7, 11) is 0. The first kappa shape index (κ1) is 10.9. The van der Waals surface area contributed by atoms with E-state index in [0.29, 0.717) is 19.2 Å². The van der Waals surface area contributed by atoms with Crippen molar-refractivity contribution in [1.82, 2.24) is 4.90 Å². The highest BCUT2D eigenvalue weighted by Gasteiger charge is 2.35. The van der Waals surface area contributed by atoms with E-state index in [1.807, 2.05) is 6.92 Å². The van der Waals surface area contributed by atoms with Gasteiger partial charge in [-0.05, 0) is 13.3 Å². The predicted molar refractivity (Wildman–Crippen MR) is 52.8 cm³/mol. The number of ether oxygens (including phenoxy) is 2. The van der Waals surface area contributed by atoms with Crippen LogP contribution in [-0.4, -0.2) is 60.5 Å². The second kappa shape index (κ2) is 4.47. The van der Waals surface area contributed by atoms with Gasteiger partial charge in [0.25, 0.3) is 0 Å². The number of morpholine rings is 1. The van der Waals surface area contributed by atoms with Crippen molar-refractivity contribution in [2.45, 2.75) is 31.6 Å². The molecule has 0 aromatic heterocycles. The van der Waals surface area contributed by atoms with E-state index in [1.54, 1.807) is 0 Å². The van der Waals surface area contributed by atoms with Crippen LogP contribution < -0.4 is 0 Å². The summed E-state index contributed by atoms with van der Waals surface area (Å²) >= 11 is 0. The lowest BCUT2D eigenvalue weighted by Gasteiger charge is -2.36. The van der Waals surface area contributed by atoms with Gasteiger partial charge in [-0.25, -0.2) is 4.79 Å². The summed E-state index contributed by atoms with van der Waals surface area (Å²) in [4.78, 5) is 13.0. The van der Waals surface area contributed by atoms with Crippen LogP contribution in [0.15, 0.2) is 0 Å². The van der Waals surface area contributed by atoms with Gasteiger partial charge in [-0.1, -0.05) is 0 Å². The molecule has 5 nitrogen and oxygen atoms in total. The Labute approximate surface area is 89.0 Å². The number of carboxylic acid groups (broad SMARTS) is 1. The second-order valence-corrected chi connectivity index (χ2v) is 4.12. The highest BCUT2D eigenvalue weighted by Crippen LogP contribution is 2.21. The Morgan fingerprint density at radius 2 is 2.20 bits per heavy atom. The van der Waals surface area contributed by atoms with E-state index in [9.17, 15) is 4.79 Å². The van der Waals surface area contributed by atoms with E-state index in [4.69, 9.17) is 14.6 Å². The van der Waals surface area contributed by atoms with E-state index in [0.717, 1.165) is 19.6 Å². The molecular formula is C10H17NO4. The normalized spacial score (nSPS) is 38.1. The molecule has 2 heterocycles. The molecule has 2 fully saturated rings. The number of hydrogen-bond donors (Lipinski definition) is 1. The van der Waals surface area contributed by atoms with Gasteiger partial charge in [0.1, 0.15) is 0 Å². The molecule has 2 rings (SSSR count). The Hall–Kier alpha value is -0.650. The topological polar surface area (TPSA) is 59.0 Å². The average molecular weight is 215 g/mol. The van der Waals surface area contributed by atoms with Crippen LogP contribution in [0.4, 0.5) is 0 Å². The highest BCUT2D eigenvalue weighted by atomic mass is 16.5. The Morgan fingerprint density at radius 1 is 1.40 bits per heavy atom. The van der Waals surface area contributed by atoms with Gasteiger partial charge >= 0.3 is 5.97 Å². The van der Waals surface area contributed by atoms with Crippen molar-refractivity contribution in [3.05, 3.63) is 0 Å². The number of carbonyl (C=O) groups is 1. The molecule has 5 heteroatoms. The van der Waals surface area contributed by atoms with Crippen molar-refractivity contribution in [2.75, 3.05) is 26.3 Å². The Bertz CT molecular complexity index is 246. The first-order valence-corrected chi connectivity index (χ1v) is 5.38. The van der Waals surface area contributed by atoms with Crippen molar-refractivity contribution in [2.24, 2.45) is 0 Å². The minimum absolute atomic E-state index is 0.206. The zero-order valence-electron chi connectivity index (χ0n) is 8.89. The van der Waals surface area contributed by atoms with Crippen molar-refractivity contribution in [1.29, 1.82) is 0 Å². The molecule has 86 valence electrons. The Morgan fingerprint density at radius 3 is 2.80 bits per heavy atom. The molecule has 0 aromatic carbocycles. The van der Waals surface area contributed by atoms with Gasteiger partial charge in [-0.15, -0.1) is 0 Å². The van der Waals surface area contributed by atoms with Gasteiger partial charge < -0.3 is 14.6 Å². The smallest absolute Gasteiger partial charge is 0.334 e. The lowest BCUT2D eigenvalue weighted by molar-refractivity contribution is -0.157. The van der Waals surface area contributed by atoms with E-state index >= 15 is 0 Å². The fourth-order valence-electron chi connectivity index (χ4n) is 2.32. The number of rotatable bonds is 2. The summed E-state index contributed by atoms with van der Waals surface area (Å²) in [6, 6.07) is 0.357. The van der Waals surface area contributed by atoms with Crippen LogP contribution in [0.25, 0.3) is 0 Å². The number of hydrogen-bond acceptors (Lipinski definition) is 4. The van der Waals surface area contributed by atoms with E-state index in [1.165, 1.54) is 0 Å². The predicted octanol–water partition coefficient (Wildman–Crippen LogP) is -0.0508. The third-order valence-corrected chi connectivity index (χ3v) is 3.18. The summed E-state index contributed by atoms with van der Waals surface area (Å²) in [5.41, 5.74) is 0. The summed E-state index contributed by atoms with van der Waals surface area (Å²) < 4.78 is 10.7. The van der Waals surface area contributed by atoms with Crippen LogP contribution in [-0.2, 0) is 14.3 Å². The molecule has 2 aliphatic heterocycles. The summed E-state index contributed by atoms with van der Waals surface area (Å²) in [5, 5.41) is 8.88. The van der Waals surface area contributed by atoms with Gasteiger partial charge in [0.2, 0.25) is 0 Å². The van der Waals surface area contributed by atoms with Gasteiger partial charge in [-0.3, -0.25) is 4.90 Å². The lowest BCUT2D eigenvalue weighted by atomic mass is 10.1. The summed E-state index contributed by atoms with van der Waals surface area (Å²) in [6.07, 6.45) is 0.525. The van der Waals surface area contributed by atoms with Crippen molar-refractivity contribution in [3.63, 3.8) is 0 Å². The van der Waals surface area contributed by atoms with Crippen LogP contribution in [0.2, 0.25) is 0 Å². The summed E-state index contributed by atoms with van der Waals surface area (Å²) in [6.45, 7) is 4.61. The molecule has 0 amide bonds.